The maximum atomic E-state index is 11.6. The summed E-state index contributed by atoms with van der Waals surface area (Å²) in [6, 6.07) is 6.23. The highest BCUT2D eigenvalue weighted by atomic mass is 16.3. The Morgan fingerprint density at radius 2 is 2.06 bits per heavy atom. The van der Waals surface area contributed by atoms with Crippen LogP contribution in [-0.4, -0.2) is 18.2 Å². The highest BCUT2D eigenvalue weighted by Crippen LogP contribution is 2.16. The molecule has 0 radical (unpaired) electrons. The van der Waals surface area contributed by atoms with Crippen molar-refractivity contribution in [2.45, 2.75) is 13.3 Å². The van der Waals surface area contributed by atoms with Gasteiger partial charge in [0.2, 0.25) is 0 Å². The van der Waals surface area contributed by atoms with Crippen molar-refractivity contribution < 1.29 is 9.90 Å². The number of urea groups is 1. The van der Waals surface area contributed by atoms with Crippen LogP contribution >= 0.6 is 0 Å². The Bertz CT molecular complexity index is 371. The third kappa shape index (κ3) is 3.31. The molecule has 4 nitrogen and oxygen atoms in total. The van der Waals surface area contributed by atoms with Gasteiger partial charge in [-0.3, -0.25) is 4.90 Å². The second-order valence-electron chi connectivity index (χ2n) is 3.34. The molecule has 0 saturated carbocycles. The zero-order valence-corrected chi connectivity index (χ0v) is 9.47. The number of allylic oxidation sites excluding steroid dienone is 1. The molecular formula is C12H16N2O2. The number of anilines is 1. The van der Waals surface area contributed by atoms with E-state index in [9.17, 15) is 4.79 Å². The van der Waals surface area contributed by atoms with Crippen molar-refractivity contribution in [1.82, 2.24) is 5.32 Å². The van der Waals surface area contributed by atoms with Crippen LogP contribution < -0.4 is 10.2 Å². The van der Waals surface area contributed by atoms with Crippen LogP contribution in [-0.2, 0) is 0 Å². The van der Waals surface area contributed by atoms with E-state index in [4.69, 9.17) is 5.11 Å². The number of hydrogen-bond donors (Lipinski definition) is 2. The van der Waals surface area contributed by atoms with Crippen LogP contribution in [0.5, 0.6) is 5.75 Å². The van der Waals surface area contributed by atoms with Crippen molar-refractivity contribution in [2.75, 3.05) is 11.9 Å². The fourth-order valence-corrected chi connectivity index (χ4v) is 1.14. The highest BCUT2D eigenvalue weighted by Gasteiger charge is 2.08. The summed E-state index contributed by atoms with van der Waals surface area (Å²) < 4.78 is 0. The van der Waals surface area contributed by atoms with Gasteiger partial charge in [0.25, 0.3) is 0 Å². The van der Waals surface area contributed by atoms with Crippen molar-refractivity contribution in [3.05, 3.63) is 36.5 Å². The van der Waals surface area contributed by atoms with Gasteiger partial charge in [-0.05, 0) is 30.7 Å². The molecule has 0 aromatic heterocycles. The summed E-state index contributed by atoms with van der Waals surface area (Å²) in [7, 11) is 1.67. The fraction of sp³-hybridized carbons (Fsp3) is 0.250. The molecule has 0 saturated heterocycles. The molecule has 4 heteroatoms. The molecule has 0 heterocycles. The van der Waals surface area contributed by atoms with E-state index in [1.54, 1.807) is 37.5 Å². The van der Waals surface area contributed by atoms with Gasteiger partial charge in [-0.2, -0.15) is 0 Å². The number of benzene rings is 1. The summed E-state index contributed by atoms with van der Waals surface area (Å²) in [5, 5.41) is 11.8. The van der Waals surface area contributed by atoms with Crippen LogP contribution in [0.4, 0.5) is 10.5 Å². The average Bonchev–Trinajstić information content (AvgIpc) is 2.29. The predicted molar refractivity (Wildman–Crippen MR) is 64.5 cm³/mol. The summed E-state index contributed by atoms with van der Waals surface area (Å²) >= 11 is 0. The molecule has 0 unspecified atom stereocenters. The lowest BCUT2D eigenvalue weighted by atomic mass is 10.3. The molecule has 1 rings (SSSR count). The van der Waals surface area contributed by atoms with E-state index in [0.717, 1.165) is 12.1 Å². The molecule has 0 fully saturated rings. The minimum Gasteiger partial charge on any atom is -0.508 e. The number of rotatable bonds is 3. The summed E-state index contributed by atoms with van der Waals surface area (Å²) in [6.07, 6.45) is 4.37. The largest absolute Gasteiger partial charge is 0.508 e. The first kappa shape index (κ1) is 12.1. The topological polar surface area (TPSA) is 52.6 Å². The second-order valence-corrected chi connectivity index (χ2v) is 3.34. The van der Waals surface area contributed by atoms with E-state index in [1.165, 1.54) is 4.90 Å². The van der Waals surface area contributed by atoms with Gasteiger partial charge < -0.3 is 10.4 Å². The first-order valence-corrected chi connectivity index (χ1v) is 5.13. The highest BCUT2D eigenvalue weighted by molar-refractivity contribution is 5.91. The molecule has 86 valence electrons. The maximum Gasteiger partial charge on any atom is 0.325 e. The SMILES string of the molecule is CC/C=C/NC(=O)N(C)c1ccc(O)cc1. The van der Waals surface area contributed by atoms with Crippen LogP contribution in [0.15, 0.2) is 36.5 Å². The predicted octanol–water partition coefficient (Wildman–Crippen LogP) is 2.46. The van der Waals surface area contributed by atoms with Crippen LogP contribution in [0.25, 0.3) is 0 Å². The van der Waals surface area contributed by atoms with Gasteiger partial charge in [-0.25, -0.2) is 4.79 Å². The van der Waals surface area contributed by atoms with E-state index in [-0.39, 0.29) is 11.8 Å². The minimum absolute atomic E-state index is 0.184. The number of phenols is 1. The summed E-state index contributed by atoms with van der Waals surface area (Å²) in [5.41, 5.74) is 0.722. The quantitative estimate of drug-likeness (QED) is 0.822. The zero-order chi connectivity index (χ0) is 12.0. The average molecular weight is 220 g/mol. The van der Waals surface area contributed by atoms with Gasteiger partial charge in [0.05, 0.1) is 0 Å². The fourth-order valence-electron chi connectivity index (χ4n) is 1.14. The smallest absolute Gasteiger partial charge is 0.325 e. The summed E-state index contributed by atoms with van der Waals surface area (Å²) in [6.45, 7) is 1.99. The lowest BCUT2D eigenvalue weighted by Gasteiger charge is -2.16. The molecule has 0 atom stereocenters. The number of aromatic hydroxyl groups is 1. The van der Waals surface area contributed by atoms with E-state index in [0.29, 0.717) is 0 Å². The normalized spacial score (nSPS) is 10.4. The zero-order valence-electron chi connectivity index (χ0n) is 9.47. The van der Waals surface area contributed by atoms with E-state index >= 15 is 0 Å². The third-order valence-electron chi connectivity index (χ3n) is 2.10. The lowest BCUT2D eigenvalue weighted by Crippen LogP contribution is -2.34. The monoisotopic (exact) mass is 220 g/mol. The molecule has 2 amide bonds. The van der Waals surface area contributed by atoms with Gasteiger partial charge in [0.15, 0.2) is 0 Å². The Morgan fingerprint density at radius 1 is 1.44 bits per heavy atom. The Morgan fingerprint density at radius 3 is 2.62 bits per heavy atom. The first-order valence-electron chi connectivity index (χ1n) is 5.13. The van der Waals surface area contributed by atoms with Crippen LogP contribution in [0.2, 0.25) is 0 Å². The Labute approximate surface area is 95.2 Å². The summed E-state index contributed by atoms with van der Waals surface area (Å²) in [5.74, 6) is 0.184. The van der Waals surface area contributed by atoms with Crippen molar-refractivity contribution >= 4 is 11.7 Å². The number of nitrogens with one attached hydrogen (secondary N) is 1. The van der Waals surface area contributed by atoms with E-state index < -0.39 is 0 Å². The molecule has 0 aliphatic carbocycles. The van der Waals surface area contributed by atoms with Crippen LogP contribution in [0.1, 0.15) is 13.3 Å². The number of amides is 2. The molecule has 16 heavy (non-hydrogen) atoms. The van der Waals surface area contributed by atoms with Gasteiger partial charge in [0.1, 0.15) is 5.75 Å². The first-order chi connectivity index (χ1) is 7.65. The molecule has 0 bridgehead atoms. The molecule has 0 aliphatic heterocycles. The second kappa shape index (κ2) is 5.80. The van der Waals surface area contributed by atoms with Crippen molar-refractivity contribution in [2.24, 2.45) is 0 Å². The molecule has 0 spiro atoms. The molecule has 1 aromatic rings. The standard InChI is InChI=1S/C12H16N2O2/c1-3-4-9-13-12(16)14(2)10-5-7-11(15)8-6-10/h4-9,15H,3H2,1-2H3,(H,13,16)/b9-4+. The Hall–Kier alpha value is -1.97. The Balaban J connectivity index is 2.63. The van der Waals surface area contributed by atoms with Crippen molar-refractivity contribution in [1.29, 1.82) is 0 Å². The minimum atomic E-state index is -0.213. The van der Waals surface area contributed by atoms with Gasteiger partial charge in [-0.15, -0.1) is 0 Å². The number of nitrogens with zero attached hydrogens (tertiary/aromatic N) is 1. The third-order valence-corrected chi connectivity index (χ3v) is 2.10. The van der Waals surface area contributed by atoms with Crippen molar-refractivity contribution in [3.63, 3.8) is 0 Å². The van der Waals surface area contributed by atoms with Crippen LogP contribution in [0, 0.1) is 0 Å². The van der Waals surface area contributed by atoms with Crippen molar-refractivity contribution in [3.8, 4) is 5.75 Å². The molecule has 2 N–H and O–H groups in total. The lowest BCUT2D eigenvalue weighted by molar-refractivity contribution is 0.250. The Kier molecular flexibility index (Phi) is 4.39. The van der Waals surface area contributed by atoms with E-state index in [2.05, 4.69) is 5.32 Å². The number of phenolic OH excluding ortho intramolecular Hbond substituents is 1. The van der Waals surface area contributed by atoms with E-state index in [1.807, 2.05) is 13.0 Å². The summed E-state index contributed by atoms with van der Waals surface area (Å²) in [4.78, 5) is 13.1. The molecular weight excluding hydrogens is 204 g/mol. The van der Waals surface area contributed by atoms with Crippen LogP contribution in [0.3, 0.4) is 0 Å². The number of carbonyl (C=O) groups excluding carboxylic acids is 1. The van der Waals surface area contributed by atoms with Gasteiger partial charge in [0, 0.05) is 18.9 Å². The number of carbonyl (C=O) groups is 1. The maximum absolute atomic E-state index is 11.6. The van der Waals surface area contributed by atoms with Gasteiger partial charge in [-0.1, -0.05) is 13.0 Å². The molecule has 0 aliphatic rings. The molecule has 1 aromatic carbocycles. The van der Waals surface area contributed by atoms with Gasteiger partial charge >= 0.3 is 6.03 Å². The number of hydrogen-bond acceptors (Lipinski definition) is 2.